The van der Waals surface area contributed by atoms with Crippen LogP contribution in [0.1, 0.15) is 37.3 Å². The molecule has 1 aliphatic carbocycles. The minimum absolute atomic E-state index is 0.0800. The Morgan fingerprint density at radius 2 is 2.33 bits per heavy atom. The number of nitrogens with one attached hydrogen (secondary N) is 1. The van der Waals surface area contributed by atoms with Crippen molar-refractivity contribution in [2.45, 2.75) is 44.0 Å². The molecule has 6 heteroatoms. The Kier molecular flexibility index (Phi) is 5.87. The van der Waals surface area contributed by atoms with Gasteiger partial charge in [-0.1, -0.05) is 24.2 Å². The number of amidine groups is 1. The largest absolute Gasteiger partial charge is 0.409 e. The Labute approximate surface area is 129 Å². The summed E-state index contributed by atoms with van der Waals surface area (Å²) in [6.07, 6.45) is 3.55. The maximum Gasteiger partial charge on any atom is 0.170 e. The molecule has 116 valence electrons. The van der Waals surface area contributed by atoms with E-state index in [0.717, 1.165) is 23.8 Å². The highest BCUT2D eigenvalue weighted by Crippen LogP contribution is 2.29. The van der Waals surface area contributed by atoms with Gasteiger partial charge in [-0.2, -0.15) is 11.8 Å². The van der Waals surface area contributed by atoms with E-state index in [9.17, 15) is 4.39 Å². The van der Waals surface area contributed by atoms with Crippen molar-refractivity contribution >= 4 is 17.6 Å². The van der Waals surface area contributed by atoms with E-state index in [0.29, 0.717) is 23.7 Å². The predicted octanol–water partition coefficient (Wildman–Crippen LogP) is 2.68. The third-order valence-electron chi connectivity index (χ3n) is 3.82. The monoisotopic (exact) mass is 311 g/mol. The maximum absolute atomic E-state index is 14.0. The molecule has 4 N–H and O–H groups in total. The molecule has 0 bridgehead atoms. The number of hydrogen-bond donors (Lipinski definition) is 3. The average molecular weight is 311 g/mol. The van der Waals surface area contributed by atoms with Crippen molar-refractivity contribution in [2.75, 3.05) is 5.75 Å². The molecule has 0 spiro atoms. The van der Waals surface area contributed by atoms with Gasteiger partial charge in [-0.15, -0.1) is 0 Å². The fourth-order valence-electron chi connectivity index (χ4n) is 2.67. The van der Waals surface area contributed by atoms with E-state index in [1.54, 1.807) is 12.1 Å². The second kappa shape index (κ2) is 7.66. The summed E-state index contributed by atoms with van der Waals surface area (Å²) in [4.78, 5) is 0. The lowest BCUT2D eigenvalue weighted by Gasteiger charge is -2.14. The molecule has 1 aliphatic rings. The maximum atomic E-state index is 14.0. The van der Waals surface area contributed by atoms with Crippen LogP contribution in [0.2, 0.25) is 0 Å². The van der Waals surface area contributed by atoms with Gasteiger partial charge in [0.05, 0.1) is 0 Å². The van der Waals surface area contributed by atoms with Crippen LogP contribution in [0.5, 0.6) is 0 Å². The predicted molar refractivity (Wildman–Crippen MR) is 85.3 cm³/mol. The first kappa shape index (κ1) is 16.1. The number of nitrogens with two attached hydrogens (primary N) is 1. The zero-order valence-corrected chi connectivity index (χ0v) is 13.0. The van der Waals surface area contributed by atoms with Gasteiger partial charge in [-0.05, 0) is 31.1 Å². The molecule has 0 saturated heterocycles. The van der Waals surface area contributed by atoms with Gasteiger partial charge in [0.2, 0.25) is 0 Å². The van der Waals surface area contributed by atoms with Crippen molar-refractivity contribution in [3.8, 4) is 0 Å². The molecule has 2 rings (SSSR count). The highest BCUT2D eigenvalue weighted by atomic mass is 32.2. The zero-order chi connectivity index (χ0) is 15.2. The fourth-order valence-corrected chi connectivity index (χ4v) is 3.82. The van der Waals surface area contributed by atoms with Crippen LogP contribution < -0.4 is 11.1 Å². The Morgan fingerprint density at radius 1 is 1.52 bits per heavy atom. The highest BCUT2D eigenvalue weighted by molar-refractivity contribution is 7.99. The van der Waals surface area contributed by atoms with Crippen molar-refractivity contribution < 1.29 is 9.60 Å². The number of thioether (sulfide) groups is 1. The molecular weight excluding hydrogens is 289 g/mol. The summed E-state index contributed by atoms with van der Waals surface area (Å²) in [6.45, 7) is 2.69. The Hall–Kier alpha value is -1.27. The minimum Gasteiger partial charge on any atom is -0.409 e. The summed E-state index contributed by atoms with van der Waals surface area (Å²) in [5.41, 5.74) is 6.44. The van der Waals surface area contributed by atoms with Gasteiger partial charge in [0, 0.05) is 29.0 Å². The van der Waals surface area contributed by atoms with Gasteiger partial charge >= 0.3 is 0 Å². The zero-order valence-electron chi connectivity index (χ0n) is 12.2. The Balaban J connectivity index is 1.89. The third kappa shape index (κ3) is 4.35. The third-order valence-corrected chi connectivity index (χ3v) is 5.06. The van der Waals surface area contributed by atoms with Crippen molar-refractivity contribution in [1.29, 1.82) is 0 Å². The van der Waals surface area contributed by atoms with E-state index < -0.39 is 0 Å². The van der Waals surface area contributed by atoms with E-state index in [4.69, 9.17) is 10.9 Å². The lowest BCUT2D eigenvalue weighted by Crippen LogP contribution is -2.26. The Bertz CT molecular complexity index is 510. The first-order chi connectivity index (χ1) is 10.1. The summed E-state index contributed by atoms with van der Waals surface area (Å²) >= 11 is 2.01. The second-order valence-corrected chi connectivity index (χ2v) is 6.84. The first-order valence-electron chi connectivity index (χ1n) is 7.25. The van der Waals surface area contributed by atoms with E-state index in [2.05, 4.69) is 17.4 Å². The normalized spacial score (nSPS) is 22.7. The fraction of sp³-hybridized carbons (Fsp3) is 0.533. The van der Waals surface area contributed by atoms with Gasteiger partial charge in [0.1, 0.15) is 5.82 Å². The molecule has 1 aromatic rings. The number of oxime groups is 1. The molecule has 1 fully saturated rings. The number of hydrogen-bond acceptors (Lipinski definition) is 4. The quantitative estimate of drug-likeness (QED) is 0.327. The average Bonchev–Trinajstić information content (AvgIpc) is 2.93. The SMILES string of the molecule is CCSC1CCC(NCc2ccc(/C(N)=N/O)cc2F)C1. The second-order valence-electron chi connectivity index (χ2n) is 5.26. The number of halogens is 1. The van der Waals surface area contributed by atoms with Crippen LogP contribution in [-0.2, 0) is 6.54 Å². The Morgan fingerprint density at radius 3 is 3.00 bits per heavy atom. The minimum atomic E-state index is -0.330. The van der Waals surface area contributed by atoms with Gasteiger partial charge in [0.25, 0.3) is 0 Å². The van der Waals surface area contributed by atoms with E-state index in [1.807, 2.05) is 11.8 Å². The number of rotatable bonds is 6. The number of benzene rings is 1. The summed E-state index contributed by atoms with van der Waals surface area (Å²) in [5.74, 6) is 0.745. The van der Waals surface area contributed by atoms with Crippen molar-refractivity contribution in [2.24, 2.45) is 10.9 Å². The van der Waals surface area contributed by atoms with Gasteiger partial charge in [0.15, 0.2) is 5.84 Å². The molecular formula is C15H22FN3OS. The van der Waals surface area contributed by atoms with Crippen molar-refractivity contribution in [3.63, 3.8) is 0 Å². The molecule has 2 unspecified atom stereocenters. The van der Waals surface area contributed by atoms with Crippen LogP contribution >= 0.6 is 11.8 Å². The van der Waals surface area contributed by atoms with Crippen LogP contribution in [0.4, 0.5) is 4.39 Å². The van der Waals surface area contributed by atoms with Crippen LogP contribution in [0, 0.1) is 5.82 Å². The van der Waals surface area contributed by atoms with E-state index in [-0.39, 0.29) is 11.7 Å². The molecule has 0 aromatic heterocycles. The smallest absolute Gasteiger partial charge is 0.170 e. The summed E-state index contributed by atoms with van der Waals surface area (Å²) in [5, 5.41) is 15.6. The van der Waals surface area contributed by atoms with Crippen LogP contribution in [-0.4, -0.2) is 28.1 Å². The number of nitrogens with zero attached hydrogens (tertiary/aromatic N) is 1. The lowest BCUT2D eigenvalue weighted by molar-refractivity contribution is 0.318. The van der Waals surface area contributed by atoms with Crippen molar-refractivity contribution in [3.05, 3.63) is 35.1 Å². The highest BCUT2D eigenvalue weighted by Gasteiger charge is 2.24. The summed E-state index contributed by atoms with van der Waals surface area (Å²) < 4.78 is 14.0. The van der Waals surface area contributed by atoms with Crippen molar-refractivity contribution in [1.82, 2.24) is 5.32 Å². The summed E-state index contributed by atoms with van der Waals surface area (Å²) in [7, 11) is 0. The lowest BCUT2D eigenvalue weighted by atomic mass is 10.1. The molecule has 0 aliphatic heterocycles. The first-order valence-corrected chi connectivity index (χ1v) is 8.30. The molecule has 21 heavy (non-hydrogen) atoms. The van der Waals surface area contributed by atoms with Crippen LogP contribution in [0.15, 0.2) is 23.4 Å². The van der Waals surface area contributed by atoms with Crippen LogP contribution in [0.3, 0.4) is 0 Å². The van der Waals surface area contributed by atoms with Gasteiger partial charge in [-0.25, -0.2) is 4.39 Å². The van der Waals surface area contributed by atoms with Gasteiger partial charge in [-0.3, -0.25) is 0 Å². The molecule has 4 nitrogen and oxygen atoms in total. The molecule has 1 saturated carbocycles. The topological polar surface area (TPSA) is 70.6 Å². The van der Waals surface area contributed by atoms with E-state index >= 15 is 0 Å². The standard InChI is InChI=1S/C15H22FN3OS/c1-2-21-13-6-5-12(8-13)18-9-11-4-3-10(7-14(11)16)15(17)19-20/h3-4,7,12-13,18,20H,2,5-6,8-9H2,1H3,(H2,17,19). The van der Waals surface area contributed by atoms with Crippen LogP contribution in [0.25, 0.3) is 0 Å². The molecule has 0 radical (unpaired) electrons. The summed E-state index contributed by atoms with van der Waals surface area (Å²) in [6, 6.07) is 5.12. The molecule has 0 heterocycles. The molecule has 0 amide bonds. The molecule has 2 atom stereocenters. The van der Waals surface area contributed by atoms with Gasteiger partial charge < -0.3 is 16.3 Å². The molecule has 1 aromatic carbocycles. The van der Waals surface area contributed by atoms with E-state index in [1.165, 1.54) is 12.5 Å².